The van der Waals surface area contributed by atoms with Gasteiger partial charge in [-0.25, -0.2) is 8.42 Å². The molecule has 1 aromatic carbocycles. The zero-order chi connectivity index (χ0) is 19.6. The first-order valence-electron chi connectivity index (χ1n) is 8.57. The number of β-amino-alcohol motifs (C(OH)–C–C–N with tert-alkyl or cyclic N) is 1. The van der Waals surface area contributed by atoms with Crippen molar-refractivity contribution in [2.75, 3.05) is 51.7 Å². The van der Waals surface area contributed by atoms with Gasteiger partial charge in [-0.3, -0.25) is 14.5 Å². The number of carbonyl (C=O) groups excluding carboxylic acids is 2. The van der Waals surface area contributed by atoms with Gasteiger partial charge in [-0.15, -0.1) is 0 Å². The molecular formula is C17H22N4O5S. The van der Waals surface area contributed by atoms with Crippen molar-refractivity contribution in [3.8, 4) is 0 Å². The van der Waals surface area contributed by atoms with Crippen LogP contribution in [0.3, 0.4) is 0 Å². The average molecular weight is 394 g/mol. The molecule has 1 fully saturated rings. The molecule has 1 aromatic rings. The molecule has 0 saturated carbocycles. The number of para-hydroxylation sites is 1. The van der Waals surface area contributed by atoms with Crippen molar-refractivity contribution in [3.05, 3.63) is 36.0 Å². The SMILES string of the molecule is CN1CCN(S(=O)(=O)c2ccccc2NC2=CC(=O)N(CCO)C2=O)CC1. The van der Waals surface area contributed by atoms with Crippen LogP contribution < -0.4 is 5.32 Å². The largest absolute Gasteiger partial charge is 0.395 e. The minimum atomic E-state index is -3.75. The predicted octanol–water partition coefficient (Wildman–Crippen LogP) is -0.720. The number of aliphatic hydroxyl groups is 1. The Bertz CT molecular complexity index is 875. The van der Waals surface area contributed by atoms with E-state index < -0.39 is 21.8 Å². The highest BCUT2D eigenvalue weighted by Crippen LogP contribution is 2.27. The van der Waals surface area contributed by atoms with Gasteiger partial charge in [-0.1, -0.05) is 12.1 Å². The molecule has 10 heteroatoms. The van der Waals surface area contributed by atoms with E-state index in [0.29, 0.717) is 26.2 Å². The number of benzene rings is 1. The maximum absolute atomic E-state index is 13.1. The fourth-order valence-corrected chi connectivity index (χ4v) is 4.59. The Morgan fingerprint density at radius 1 is 1.11 bits per heavy atom. The Morgan fingerprint density at radius 2 is 1.78 bits per heavy atom. The molecule has 0 radical (unpaired) electrons. The van der Waals surface area contributed by atoms with Crippen LogP contribution in [0.1, 0.15) is 0 Å². The van der Waals surface area contributed by atoms with Crippen LogP contribution in [0.25, 0.3) is 0 Å². The highest BCUT2D eigenvalue weighted by atomic mass is 32.2. The molecule has 0 unspecified atom stereocenters. The highest BCUT2D eigenvalue weighted by molar-refractivity contribution is 7.89. The van der Waals surface area contributed by atoms with Gasteiger partial charge in [0.1, 0.15) is 10.6 Å². The van der Waals surface area contributed by atoms with Crippen LogP contribution in [-0.4, -0.2) is 85.8 Å². The molecule has 3 rings (SSSR count). The number of nitrogens with zero attached hydrogens (tertiary/aromatic N) is 3. The van der Waals surface area contributed by atoms with Gasteiger partial charge in [-0.2, -0.15) is 4.31 Å². The third-order valence-electron chi connectivity index (χ3n) is 4.57. The van der Waals surface area contributed by atoms with Gasteiger partial charge < -0.3 is 15.3 Å². The maximum Gasteiger partial charge on any atom is 0.277 e. The molecular weight excluding hydrogens is 372 g/mol. The quantitative estimate of drug-likeness (QED) is 0.613. The molecule has 2 amide bonds. The number of nitrogens with one attached hydrogen (secondary N) is 1. The maximum atomic E-state index is 13.1. The van der Waals surface area contributed by atoms with Gasteiger partial charge in [0.25, 0.3) is 11.8 Å². The summed E-state index contributed by atoms with van der Waals surface area (Å²) in [6, 6.07) is 6.29. The number of amides is 2. The lowest BCUT2D eigenvalue weighted by Gasteiger charge is -2.32. The van der Waals surface area contributed by atoms with Gasteiger partial charge in [0.15, 0.2) is 0 Å². The molecule has 1 saturated heterocycles. The fraction of sp³-hybridized carbons (Fsp3) is 0.412. The summed E-state index contributed by atoms with van der Waals surface area (Å²) in [7, 11) is -1.81. The summed E-state index contributed by atoms with van der Waals surface area (Å²) in [5.41, 5.74) is 0.212. The van der Waals surface area contributed by atoms with Crippen LogP contribution in [0, 0.1) is 0 Å². The first kappa shape index (κ1) is 19.5. The molecule has 0 bridgehead atoms. The van der Waals surface area contributed by atoms with E-state index in [1.807, 2.05) is 7.05 Å². The number of hydrogen-bond acceptors (Lipinski definition) is 7. The van der Waals surface area contributed by atoms with Crippen molar-refractivity contribution in [1.82, 2.24) is 14.1 Å². The van der Waals surface area contributed by atoms with Crippen molar-refractivity contribution in [1.29, 1.82) is 0 Å². The van der Waals surface area contributed by atoms with Crippen LogP contribution in [0.2, 0.25) is 0 Å². The standard InChI is InChI=1S/C17H22N4O5S/c1-19-6-8-20(9-7-19)27(25,26)15-5-3-2-4-13(15)18-14-12-16(23)21(10-11-22)17(14)24/h2-5,12,18,22H,6-11H2,1H3. The second-order valence-corrected chi connectivity index (χ2v) is 8.31. The normalized spacial score (nSPS) is 19.5. The van der Waals surface area contributed by atoms with E-state index in [0.717, 1.165) is 11.0 Å². The molecule has 2 aliphatic heterocycles. The summed E-state index contributed by atoms with van der Waals surface area (Å²) in [5.74, 6) is -1.14. The first-order chi connectivity index (χ1) is 12.8. The van der Waals surface area contributed by atoms with Crippen molar-refractivity contribution >= 4 is 27.5 Å². The number of imide groups is 1. The summed E-state index contributed by atoms with van der Waals surface area (Å²) >= 11 is 0. The van der Waals surface area contributed by atoms with Crippen LogP contribution >= 0.6 is 0 Å². The highest BCUT2D eigenvalue weighted by Gasteiger charge is 2.33. The summed E-state index contributed by atoms with van der Waals surface area (Å²) in [6.45, 7) is 1.61. The Hall–Kier alpha value is -2.27. The molecule has 146 valence electrons. The zero-order valence-electron chi connectivity index (χ0n) is 15.0. The summed E-state index contributed by atoms with van der Waals surface area (Å²) < 4.78 is 27.5. The topological polar surface area (TPSA) is 110 Å². The van der Waals surface area contributed by atoms with E-state index in [2.05, 4.69) is 10.2 Å². The molecule has 2 aliphatic rings. The molecule has 0 aliphatic carbocycles. The molecule has 27 heavy (non-hydrogen) atoms. The van der Waals surface area contributed by atoms with E-state index in [9.17, 15) is 18.0 Å². The number of likely N-dealkylation sites (N-methyl/N-ethyl adjacent to an activating group) is 1. The van der Waals surface area contributed by atoms with E-state index in [1.54, 1.807) is 18.2 Å². The lowest BCUT2D eigenvalue weighted by Crippen LogP contribution is -2.47. The van der Waals surface area contributed by atoms with Gasteiger partial charge >= 0.3 is 0 Å². The Morgan fingerprint density at radius 3 is 2.44 bits per heavy atom. The third-order valence-corrected chi connectivity index (χ3v) is 6.53. The average Bonchev–Trinajstić information content (AvgIpc) is 2.90. The lowest BCUT2D eigenvalue weighted by atomic mass is 10.3. The number of carbonyl (C=O) groups is 2. The first-order valence-corrected chi connectivity index (χ1v) is 10.0. The van der Waals surface area contributed by atoms with E-state index in [4.69, 9.17) is 5.11 Å². The second kappa shape index (κ2) is 7.77. The molecule has 0 aromatic heterocycles. The Balaban J connectivity index is 1.86. The summed E-state index contributed by atoms with van der Waals surface area (Å²) in [4.78, 5) is 27.2. The zero-order valence-corrected chi connectivity index (χ0v) is 15.8. The van der Waals surface area contributed by atoms with Gasteiger partial charge in [-0.05, 0) is 19.2 Å². The number of aliphatic hydroxyl groups excluding tert-OH is 1. The summed E-state index contributed by atoms with van der Waals surface area (Å²) in [6.07, 6.45) is 1.11. The molecule has 0 atom stereocenters. The van der Waals surface area contributed by atoms with Crippen molar-refractivity contribution in [2.24, 2.45) is 0 Å². The van der Waals surface area contributed by atoms with Crippen molar-refractivity contribution in [3.63, 3.8) is 0 Å². The third kappa shape index (κ3) is 3.88. The summed E-state index contributed by atoms with van der Waals surface area (Å²) in [5, 5.41) is 11.8. The number of anilines is 1. The minimum Gasteiger partial charge on any atom is -0.395 e. The molecule has 2 N–H and O–H groups in total. The van der Waals surface area contributed by atoms with Crippen LogP contribution in [0.4, 0.5) is 5.69 Å². The predicted molar refractivity (Wildman–Crippen MR) is 98.2 cm³/mol. The minimum absolute atomic E-state index is 0.0190. The van der Waals surface area contributed by atoms with E-state index >= 15 is 0 Å². The Kier molecular flexibility index (Phi) is 5.61. The number of sulfonamides is 1. The van der Waals surface area contributed by atoms with Crippen LogP contribution in [0.15, 0.2) is 40.9 Å². The van der Waals surface area contributed by atoms with Gasteiger partial charge in [0.05, 0.1) is 18.8 Å². The van der Waals surface area contributed by atoms with E-state index in [-0.39, 0.29) is 29.4 Å². The number of piperazine rings is 1. The van der Waals surface area contributed by atoms with Crippen LogP contribution in [-0.2, 0) is 19.6 Å². The van der Waals surface area contributed by atoms with Crippen LogP contribution in [0.5, 0.6) is 0 Å². The number of hydrogen-bond donors (Lipinski definition) is 2. The molecule has 9 nitrogen and oxygen atoms in total. The smallest absolute Gasteiger partial charge is 0.277 e. The number of rotatable bonds is 6. The van der Waals surface area contributed by atoms with Gasteiger partial charge in [0, 0.05) is 32.3 Å². The van der Waals surface area contributed by atoms with Gasteiger partial charge in [0.2, 0.25) is 10.0 Å². The van der Waals surface area contributed by atoms with Crippen molar-refractivity contribution < 1.29 is 23.1 Å². The second-order valence-electron chi connectivity index (χ2n) is 6.41. The lowest BCUT2D eigenvalue weighted by molar-refractivity contribution is -0.137. The fourth-order valence-electron chi connectivity index (χ4n) is 3.02. The molecule has 2 heterocycles. The van der Waals surface area contributed by atoms with Crippen molar-refractivity contribution in [2.45, 2.75) is 4.90 Å². The Labute approximate surface area is 157 Å². The van der Waals surface area contributed by atoms with E-state index in [1.165, 1.54) is 10.4 Å². The molecule has 0 spiro atoms. The monoisotopic (exact) mass is 394 g/mol.